The molecule has 35 heavy (non-hydrogen) atoms. The number of Topliss-reactive ketones (excluding diaryl/α,β-unsaturated/α-hetero) is 1. The third kappa shape index (κ3) is 5.09. The van der Waals surface area contributed by atoms with E-state index in [-0.39, 0.29) is 11.4 Å². The normalized spacial score (nSPS) is 17.5. The number of anilines is 1. The topological polar surface area (TPSA) is 115 Å². The van der Waals surface area contributed by atoms with Crippen LogP contribution >= 0.6 is 0 Å². The Kier molecular flexibility index (Phi) is 6.33. The van der Waals surface area contributed by atoms with Crippen molar-refractivity contribution in [3.05, 3.63) is 71.3 Å². The second-order valence-electron chi connectivity index (χ2n) is 8.95. The predicted molar refractivity (Wildman–Crippen MR) is 137 cm³/mol. The number of hydrogen-bond donors (Lipinski definition) is 4. The summed E-state index contributed by atoms with van der Waals surface area (Å²) in [5.41, 5.74) is 13.8. The number of allylic oxidation sites excluding steroid dienone is 1. The van der Waals surface area contributed by atoms with Crippen molar-refractivity contribution in [2.24, 2.45) is 10.8 Å². The molecule has 0 saturated carbocycles. The van der Waals surface area contributed by atoms with Gasteiger partial charge in [0.15, 0.2) is 0 Å². The number of alkyl halides is 1. The molecular formula is C26H28FN7O. The number of nitrogens with one attached hydrogen (secondary N) is 3. The standard InChI is InChI=1S/C26H28FN7O/c1-16-30-23-7-5-21(11-24(23)31-16)33-29-13-19(12-28)26(35)25-10-18-9-17(4-6-22(18)32-25)14-34-8-2-3-20(27)15-34/h4-7,9-13,20,32-33H,2-3,8,14-15,28H2,1H3,(H,30,31)/b19-12-,29-13-. The van der Waals surface area contributed by atoms with Crippen LogP contribution in [0.25, 0.3) is 21.9 Å². The molecule has 1 unspecified atom stereocenters. The quantitative estimate of drug-likeness (QED) is 0.137. The van der Waals surface area contributed by atoms with Gasteiger partial charge in [0, 0.05) is 30.2 Å². The maximum Gasteiger partial charge on any atom is 0.212 e. The Bertz CT molecular complexity index is 1430. The van der Waals surface area contributed by atoms with Crippen molar-refractivity contribution < 1.29 is 9.18 Å². The zero-order valence-corrected chi connectivity index (χ0v) is 19.5. The number of aromatic nitrogens is 3. The van der Waals surface area contributed by atoms with Crippen LogP contribution in [0, 0.1) is 6.92 Å². The highest BCUT2D eigenvalue weighted by Crippen LogP contribution is 2.22. The Hall–Kier alpha value is -3.98. The highest BCUT2D eigenvalue weighted by molar-refractivity contribution is 6.21. The first-order valence-electron chi connectivity index (χ1n) is 11.7. The van der Waals surface area contributed by atoms with Gasteiger partial charge in [-0.2, -0.15) is 5.10 Å². The molecule has 2 aromatic carbocycles. The van der Waals surface area contributed by atoms with Crippen molar-refractivity contribution >= 4 is 39.6 Å². The van der Waals surface area contributed by atoms with Gasteiger partial charge in [0.25, 0.3) is 0 Å². The Morgan fingerprint density at radius 3 is 2.97 bits per heavy atom. The van der Waals surface area contributed by atoms with Gasteiger partial charge >= 0.3 is 0 Å². The third-order valence-corrected chi connectivity index (χ3v) is 6.22. The minimum Gasteiger partial charge on any atom is -0.404 e. The number of imidazole rings is 1. The van der Waals surface area contributed by atoms with E-state index in [0.29, 0.717) is 25.2 Å². The summed E-state index contributed by atoms with van der Waals surface area (Å²) < 4.78 is 13.7. The number of likely N-dealkylation sites (tertiary alicyclic amines) is 1. The van der Waals surface area contributed by atoms with Gasteiger partial charge in [-0.1, -0.05) is 6.07 Å². The molecule has 5 N–H and O–H groups in total. The van der Waals surface area contributed by atoms with Crippen molar-refractivity contribution in [1.82, 2.24) is 19.9 Å². The fourth-order valence-corrected chi connectivity index (χ4v) is 4.52. The largest absolute Gasteiger partial charge is 0.404 e. The minimum absolute atomic E-state index is 0.255. The zero-order chi connectivity index (χ0) is 24.4. The van der Waals surface area contributed by atoms with Gasteiger partial charge < -0.3 is 15.7 Å². The van der Waals surface area contributed by atoms with Gasteiger partial charge in [-0.05, 0) is 68.3 Å². The van der Waals surface area contributed by atoms with E-state index in [1.54, 1.807) is 0 Å². The molecule has 1 aliphatic heterocycles. The van der Waals surface area contributed by atoms with Crippen molar-refractivity contribution in [2.45, 2.75) is 32.5 Å². The van der Waals surface area contributed by atoms with E-state index in [2.05, 4.69) is 30.4 Å². The Balaban J connectivity index is 1.27. The van der Waals surface area contributed by atoms with Crippen molar-refractivity contribution in [3.63, 3.8) is 0 Å². The highest BCUT2D eigenvalue weighted by Gasteiger charge is 2.19. The number of aryl methyl sites for hydroxylation is 1. The molecule has 1 aliphatic rings. The number of piperidine rings is 1. The number of carbonyl (C=O) groups excluding carboxylic acids is 1. The Labute approximate surface area is 202 Å². The van der Waals surface area contributed by atoms with Gasteiger partial charge in [-0.25, -0.2) is 9.37 Å². The summed E-state index contributed by atoms with van der Waals surface area (Å²) in [7, 11) is 0. The summed E-state index contributed by atoms with van der Waals surface area (Å²) in [4.78, 5) is 25.9. The number of hydrogen-bond acceptors (Lipinski definition) is 6. The molecule has 0 aliphatic carbocycles. The number of hydrazone groups is 1. The first-order chi connectivity index (χ1) is 17.0. The number of ketones is 1. The van der Waals surface area contributed by atoms with Crippen molar-refractivity contribution in [3.8, 4) is 0 Å². The zero-order valence-electron chi connectivity index (χ0n) is 19.5. The fraction of sp³-hybridized carbons (Fsp3) is 0.269. The van der Waals surface area contributed by atoms with Crippen molar-refractivity contribution in [2.75, 3.05) is 18.5 Å². The van der Waals surface area contributed by atoms with Crippen LogP contribution in [-0.2, 0) is 6.54 Å². The van der Waals surface area contributed by atoms with Gasteiger partial charge in [-0.15, -0.1) is 0 Å². The summed E-state index contributed by atoms with van der Waals surface area (Å²) in [6, 6.07) is 13.5. The second kappa shape index (κ2) is 9.71. The molecule has 8 nitrogen and oxygen atoms in total. The smallest absolute Gasteiger partial charge is 0.212 e. The van der Waals surface area contributed by atoms with Crippen LogP contribution in [0.5, 0.6) is 0 Å². The minimum atomic E-state index is -0.751. The molecule has 1 atom stereocenters. The number of rotatable bonds is 7. The van der Waals surface area contributed by atoms with Crippen LogP contribution in [0.15, 0.2) is 59.3 Å². The number of aromatic amines is 2. The van der Waals surface area contributed by atoms with E-state index in [9.17, 15) is 9.18 Å². The van der Waals surface area contributed by atoms with Crippen LogP contribution in [0.3, 0.4) is 0 Å². The van der Waals surface area contributed by atoms with Gasteiger partial charge in [0.05, 0.1) is 34.2 Å². The van der Waals surface area contributed by atoms with E-state index >= 15 is 0 Å². The molecule has 9 heteroatoms. The van der Waals surface area contributed by atoms with Crippen molar-refractivity contribution in [1.29, 1.82) is 0 Å². The van der Waals surface area contributed by atoms with E-state index in [0.717, 1.165) is 52.0 Å². The van der Waals surface area contributed by atoms with E-state index in [1.165, 1.54) is 12.4 Å². The molecule has 4 aromatic rings. The summed E-state index contributed by atoms with van der Waals surface area (Å²) in [6.07, 6.45) is 3.43. The fourth-order valence-electron chi connectivity index (χ4n) is 4.52. The predicted octanol–water partition coefficient (Wildman–Crippen LogP) is 4.41. The van der Waals surface area contributed by atoms with Gasteiger partial charge in [-0.3, -0.25) is 15.1 Å². The molecule has 2 aromatic heterocycles. The van der Waals surface area contributed by atoms with Crippen LogP contribution in [0.4, 0.5) is 10.1 Å². The third-order valence-electron chi connectivity index (χ3n) is 6.22. The number of nitrogens with two attached hydrogens (primary N) is 1. The number of carbonyl (C=O) groups is 1. The molecule has 0 bridgehead atoms. The Morgan fingerprint density at radius 1 is 1.26 bits per heavy atom. The number of halogens is 1. The van der Waals surface area contributed by atoms with Crippen LogP contribution in [-0.4, -0.2) is 51.1 Å². The Morgan fingerprint density at radius 2 is 2.14 bits per heavy atom. The van der Waals surface area contributed by atoms with Gasteiger partial charge in [0.2, 0.25) is 5.78 Å². The number of H-pyrrole nitrogens is 2. The van der Waals surface area contributed by atoms with E-state index in [4.69, 9.17) is 5.73 Å². The SMILES string of the molecule is Cc1nc2ccc(N/N=C\C(=C\N)C(=O)c3cc4cc(CN5CCCC(F)C5)ccc4[nH]3)cc2[nH]1. The molecular weight excluding hydrogens is 445 g/mol. The number of benzene rings is 2. The van der Waals surface area contributed by atoms with Gasteiger partial charge in [0.1, 0.15) is 12.0 Å². The lowest BCUT2D eigenvalue weighted by Gasteiger charge is -2.28. The van der Waals surface area contributed by atoms with Crippen LogP contribution in [0.2, 0.25) is 0 Å². The summed E-state index contributed by atoms with van der Waals surface area (Å²) in [6.45, 7) is 3.97. The first-order valence-corrected chi connectivity index (χ1v) is 11.7. The number of fused-ring (bicyclic) bond motifs is 2. The maximum atomic E-state index is 13.7. The lowest BCUT2D eigenvalue weighted by atomic mass is 10.1. The average Bonchev–Trinajstić information content (AvgIpc) is 3.43. The van der Waals surface area contributed by atoms with E-state index < -0.39 is 6.17 Å². The average molecular weight is 474 g/mol. The lowest BCUT2D eigenvalue weighted by Crippen LogP contribution is -2.35. The van der Waals surface area contributed by atoms with E-state index in [1.807, 2.05) is 49.4 Å². The number of nitrogens with zero attached hydrogens (tertiary/aromatic N) is 3. The molecule has 0 radical (unpaired) electrons. The highest BCUT2D eigenvalue weighted by atomic mass is 19.1. The summed E-state index contributed by atoms with van der Waals surface area (Å²) in [5.74, 6) is 0.580. The monoisotopic (exact) mass is 473 g/mol. The molecule has 1 saturated heterocycles. The second-order valence-corrected chi connectivity index (χ2v) is 8.95. The van der Waals surface area contributed by atoms with Crippen LogP contribution in [0.1, 0.15) is 34.7 Å². The first kappa shape index (κ1) is 22.8. The molecule has 5 rings (SSSR count). The molecule has 3 heterocycles. The van der Waals surface area contributed by atoms with Crippen LogP contribution < -0.4 is 11.2 Å². The molecule has 180 valence electrons. The molecule has 1 fully saturated rings. The lowest BCUT2D eigenvalue weighted by molar-refractivity contribution is 0.103. The molecule has 0 amide bonds. The maximum absolute atomic E-state index is 13.7. The molecule has 0 spiro atoms. The summed E-state index contributed by atoms with van der Waals surface area (Å²) >= 11 is 0. The summed E-state index contributed by atoms with van der Waals surface area (Å²) in [5, 5.41) is 5.11.